The van der Waals surface area contributed by atoms with Crippen molar-refractivity contribution in [2.75, 3.05) is 0 Å². The summed E-state index contributed by atoms with van der Waals surface area (Å²) in [7, 11) is -2.92. The summed E-state index contributed by atoms with van der Waals surface area (Å²) in [5.41, 5.74) is 0.313. The van der Waals surface area contributed by atoms with Crippen molar-refractivity contribution in [2.24, 2.45) is 0 Å². The largest absolute Gasteiger partial charge is 0.593 e. The Labute approximate surface area is 81.8 Å². The first kappa shape index (κ1) is 10.6. The zero-order valence-corrected chi connectivity index (χ0v) is 8.55. The van der Waals surface area contributed by atoms with Crippen LogP contribution in [0.25, 0.3) is 0 Å². The van der Waals surface area contributed by atoms with E-state index < -0.39 is 13.4 Å². The van der Waals surface area contributed by atoms with E-state index in [-0.39, 0.29) is 0 Å². The molecule has 5 heteroatoms. The maximum atomic E-state index is 10.7. The van der Waals surface area contributed by atoms with E-state index in [1.54, 1.807) is 0 Å². The van der Waals surface area contributed by atoms with Gasteiger partial charge in [0.25, 0.3) is 5.34 Å². The number of hydrogen-bond acceptors (Lipinski definition) is 3. The van der Waals surface area contributed by atoms with Crippen LogP contribution < -0.4 is 4.89 Å². The van der Waals surface area contributed by atoms with Crippen LogP contribution in [0, 0.1) is 0 Å². The van der Waals surface area contributed by atoms with Gasteiger partial charge in [-0.1, -0.05) is 28.3 Å². The zero-order valence-electron chi connectivity index (χ0n) is 6.90. The molecule has 2 unspecified atom stereocenters. The first-order valence-electron chi connectivity index (χ1n) is 3.57. The van der Waals surface area contributed by atoms with Crippen molar-refractivity contribution < 1.29 is 14.6 Å². The Morgan fingerprint density at radius 3 is 2.31 bits per heavy atom. The van der Waals surface area contributed by atoms with Gasteiger partial charge in [-0.05, 0) is 12.1 Å². The van der Waals surface area contributed by atoms with Gasteiger partial charge in [0.15, 0.2) is 0 Å². The molecule has 70 valence electrons. The predicted octanol–water partition coefficient (Wildman–Crippen LogP) is 1.61. The van der Waals surface area contributed by atoms with Gasteiger partial charge in [-0.2, -0.15) is 0 Å². The highest BCUT2D eigenvalue weighted by atomic mass is 35.5. The summed E-state index contributed by atoms with van der Waals surface area (Å²) >= 11 is 5.61. The Morgan fingerprint density at radius 2 is 1.92 bits per heavy atom. The smallest absolute Gasteiger partial charge is 0.349 e. The highest BCUT2D eigenvalue weighted by Gasteiger charge is 2.36. The highest BCUT2D eigenvalue weighted by molar-refractivity contribution is 7.37. The Kier molecular flexibility index (Phi) is 3.04. The lowest BCUT2D eigenvalue weighted by Gasteiger charge is -2.13. The lowest BCUT2D eigenvalue weighted by atomic mass is 10.1. The van der Waals surface area contributed by atoms with Crippen molar-refractivity contribution in [2.45, 2.75) is 12.3 Å². The molecular weight excluding hydrogens is 211 g/mol. The fourth-order valence-electron chi connectivity index (χ4n) is 0.871. The van der Waals surface area contributed by atoms with Crippen molar-refractivity contribution >= 4 is 19.6 Å². The molecule has 0 bridgehead atoms. The first-order chi connectivity index (χ1) is 5.94. The summed E-state index contributed by atoms with van der Waals surface area (Å²) < 4.78 is 10.7. The second kappa shape index (κ2) is 3.72. The van der Waals surface area contributed by atoms with E-state index in [4.69, 9.17) is 11.6 Å². The van der Waals surface area contributed by atoms with Crippen LogP contribution in [0.15, 0.2) is 24.3 Å². The quantitative estimate of drug-likeness (QED) is 0.767. The standard InChI is InChI=1S/C8H8ClO3P/c1-8(10,13(11)12)6-2-4-7(9)5-3-6/h2-5,10H,1H3. The molecule has 0 aromatic heterocycles. The molecule has 0 amide bonds. The second-order valence-electron chi connectivity index (χ2n) is 2.78. The van der Waals surface area contributed by atoms with Gasteiger partial charge in [0.2, 0.25) is 0 Å². The van der Waals surface area contributed by atoms with Crippen molar-refractivity contribution in [3.63, 3.8) is 0 Å². The van der Waals surface area contributed by atoms with Gasteiger partial charge in [0.1, 0.15) is 0 Å². The van der Waals surface area contributed by atoms with Gasteiger partial charge >= 0.3 is 8.03 Å². The number of aliphatic hydroxyl groups is 1. The molecule has 0 spiro atoms. The van der Waals surface area contributed by atoms with Crippen LogP contribution in [-0.4, -0.2) is 5.11 Å². The Morgan fingerprint density at radius 1 is 1.46 bits per heavy atom. The summed E-state index contributed by atoms with van der Waals surface area (Å²) in [5, 5.41) is 8.20. The van der Waals surface area contributed by atoms with E-state index in [9.17, 15) is 14.6 Å². The molecule has 3 nitrogen and oxygen atoms in total. The summed E-state index contributed by atoms with van der Waals surface area (Å²) in [6.07, 6.45) is 0. The van der Waals surface area contributed by atoms with Crippen molar-refractivity contribution in [1.29, 1.82) is 0 Å². The third-order valence-electron chi connectivity index (χ3n) is 1.75. The van der Waals surface area contributed by atoms with Gasteiger partial charge in [0.05, 0.1) is 0 Å². The first-order valence-corrected chi connectivity index (χ1v) is 5.13. The van der Waals surface area contributed by atoms with Gasteiger partial charge in [-0.25, -0.2) is 0 Å². The van der Waals surface area contributed by atoms with Crippen LogP contribution in [-0.2, 0) is 9.91 Å². The normalized spacial score (nSPS) is 16.5. The van der Waals surface area contributed by atoms with Crippen LogP contribution in [0.2, 0.25) is 5.02 Å². The van der Waals surface area contributed by atoms with Crippen LogP contribution >= 0.6 is 19.6 Å². The van der Waals surface area contributed by atoms with E-state index in [1.807, 2.05) is 0 Å². The van der Waals surface area contributed by atoms with Crippen molar-refractivity contribution in [1.82, 2.24) is 0 Å². The minimum absolute atomic E-state index is 0.313. The molecule has 1 rings (SSSR count). The molecule has 0 heterocycles. The third kappa shape index (κ3) is 2.26. The molecule has 1 aromatic carbocycles. The molecule has 0 fully saturated rings. The van der Waals surface area contributed by atoms with Crippen LogP contribution in [0.1, 0.15) is 12.5 Å². The lowest BCUT2D eigenvalue weighted by Crippen LogP contribution is -2.20. The zero-order chi connectivity index (χ0) is 10.1. The molecule has 0 aliphatic carbocycles. The van der Waals surface area contributed by atoms with E-state index in [0.29, 0.717) is 10.6 Å². The monoisotopic (exact) mass is 218 g/mol. The van der Waals surface area contributed by atoms with E-state index in [1.165, 1.54) is 31.2 Å². The fraction of sp³-hybridized carbons (Fsp3) is 0.250. The summed E-state index contributed by atoms with van der Waals surface area (Å²) in [5.74, 6) is 0. The molecule has 13 heavy (non-hydrogen) atoms. The third-order valence-corrected chi connectivity index (χ3v) is 2.97. The molecule has 1 aromatic rings. The van der Waals surface area contributed by atoms with Crippen LogP contribution in [0.5, 0.6) is 0 Å². The maximum Gasteiger partial charge on any atom is 0.349 e. The maximum absolute atomic E-state index is 10.7. The van der Waals surface area contributed by atoms with E-state index >= 15 is 0 Å². The number of rotatable bonds is 2. The Balaban J connectivity index is 3.08. The summed E-state index contributed by atoms with van der Waals surface area (Å²) in [6.45, 7) is 1.22. The second-order valence-corrected chi connectivity index (χ2v) is 4.61. The number of hydrogen-bond donors (Lipinski definition) is 1. The molecule has 0 saturated carbocycles. The average Bonchev–Trinajstić information content (AvgIpc) is 2.04. The highest BCUT2D eigenvalue weighted by Crippen LogP contribution is 2.38. The minimum Gasteiger partial charge on any atom is -0.593 e. The predicted molar refractivity (Wildman–Crippen MR) is 48.6 cm³/mol. The summed E-state index contributed by atoms with van der Waals surface area (Å²) in [4.78, 5) is 10.7. The lowest BCUT2D eigenvalue weighted by molar-refractivity contribution is -0.179. The Hall–Kier alpha value is -0.470. The number of halogens is 1. The van der Waals surface area contributed by atoms with Crippen molar-refractivity contribution in [3.8, 4) is 0 Å². The summed E-state index contributed by atoms with van der Waals surface area (Å²) in [6, 6.07) is 6.02. The van der Waals surface area contributed by atoms with Gasteiger partial charge in [-0.3, -0.25) is 0 Å². The topological polar surface area (TPSA) is 60.4 Å². The van der Waals surface area contributed by atoms with Gasteiger partial charge < -0.3 is 10.00 Å². The molecule has 0 saturated heterocycles. The van der Waals surface area contributed by atoms with E-state index in [0.717, 1.165) is 0 Å². The number of benzene rings is 1. The minimum atomic E-state index is -2.92. The van der Waals surface area contributed by atoms with E-state index in [2.05, 4.69) is 0 Å². The van der Waals surface area contributed by atoms with Gasteiger partial charge in [0, 0.05) is 17.5 Å². The molecule has 0 radical (unpaired) electrons. The molecular formula is C8H8ClO3P. The SMILES string of the molecule is CC(O)(c1ccc(Cl)cc1)[P+](=O)[O-]. The fourth-order valence-corrected chi connectivity index (χ4v) is 1.36. The van der Waals surface area contributed by atoms with Gasteiger partial charge in [-0.15, -0.1) is 0 Å². The van der Waals surface area contributed by atoms with Crippen LogP contribution in [0.4, 0.5) is 0 Å². The molecule has 0 aliphatic rings. The average molecular weight is 219 g/mol. The molecule has 2 atom stereocenters. The van der Waals surface area contributed by atoms with Crippen LogP contribution in [0.3, 0.4) is 0 Å². The molecule has 1 N–H and O–H groups in total. The molecule has 0 aliphatic heterocycles. The Bertz CT molecular complexity index is 321. The van der Waals surface area contributed by atoms with Crippen molar-refractivity contribution in [3.05, 3.63) is 34.9 Å².